The van der Waals surface area contributed by atoms with Gasteiger partial charge in [-0.3, -0.25) is 0 Å². The molecule has 0 bridgehead atoms. The van der Waals surface area contributed by atoms with Gasteiger partial charge >= 0.3 is 18.0 Å². The Morgan fingerprint density at radius 3 is 2.02 bits per heavy atom. The van der Waals surface area contributed by atoms with Crippen LogP contribution < -0.4 is 5.32 Å². The Balaban J connectivity index is 1.27. The maximum absolute atomic E-state index is 13.2. The molecule has 8 heteroatoms. The second kappa shape index (κ2) is 12.9. The van der Waals surface area contributed by atoms with E-state index in [1.807, 2.05) is 66.7 Å². The van der Waals surface area contributed by atoms with Gasteiger partial charge in [-0.2, -0.15) is 0 Å². The molecule has 3 aromatic carbocycles. The summed E-state index contributed by atoms with van der Waals surface area (Å²) in [7, 11) is 0. The summed E-state index contributed by atoms with van der Waals surface area (Å²) in [5, 5.41) is 2.69. The van der Waals surface area contributed by atoms with E-state index in [1.54, 1.807) is 26.8 Å². The molecule has 0 aliphatic heterocycles. The van der Waals surface area contributed by atoms with Crippen LogP contribution in [-0.4, -0.2) is 41.3 Å². The number of nitrogens with zero attached hydrogens (tertiary/aromatic N) is 1. The van der Waals surface area contributed by atoms with Crippen molar-refractivity contribution in [2.45, 2.75) is 51.4 Å². The van der Waals surface area contributed by atoms with Crippen LogP contribution in [0.4, 0.5) is 4.79 Å². The summed E-state index contributed by atoms with van der Waals surface area (Å²) in [6, 6.07) is 27.6. The number of aromatic nitrogens is 1. The van der Waals surface area contributed by atoms with Crippen LogP contribution in [0.3, 0.4) is 0 Å². The molecule has 1 amide bonds. The van der Waals surface area contributed by atoms with Gasteiger partial charge in [0.2, 0.25) is 0 Å². The molecule has 0 spiro atoms. The second-order valence-corrected chi connectivity index (χ2v) is 11.4. The highest BCUT2D eigenvalue weighted by molar-refractivity contribution is 5.87. The number of rotatable bonds is 9. The predicted octanol–water partition coefficient (Wildman–Crippen LogP) is 6.23. The van der Waals surface area contributed by atoms with Crippen LogP contribution in [0.5, 0.6) is 0 Å². The van der Waals surface area contributed by atoms with Gasteiger partial charge in [0.05, 0.1) is 0 Å². The fourth-order valence-electron chi connectivity index (χ4n) is 5.04. The van der Waals surface area contributed by atoms with Crippen LogP contribution >= 0.6 is 0 Å². The van der Waals surface area contributed by atoms with Crippen molar-refractivity contribution in [2.24, 2.45) is 0 Å². The molecular weight excluding hydrogens is 544 g/mol. The summed E-state index contributed by atoms with van der Waals surface area (Å²) >= 11 is 0. The van der Waals surface area contributed by atoms with E-state index in [0.717, 1.165) is 27.8 Å². The molecule has 5 rings (SSSR count). The van der Waals surface area contributed by atoms with Crippen molar-refractivity contribution < 1.29 is 28.6 Å². The van der Waals surface area contributed by atoms with Crippen LogP contribution in [0, 0.1) is 0 Å². The van der Waals surface area contributed by atoms with Gasteiger partial charge in [0.1, 0.15) is 30.6 Å². The summed E-state index contributed by atoms with van der Waals surface area (Å²) in [6.45, 7) is 5.50. The van der Waals surface area contributed by atoms with Crippen LogP contribution in [-0.2, 0) is 32.0 Å². The standard InChI is InChI=1S/C35H34N2O6/c1-35(2,3)43-33(39)30-18-17-24(20-36-30)19-31(32(38)41-21-23-11-5-4-6-12-23)37-34(40)42-22-29-27-15-9-7-13-25(27)26-14-8-10-16-28(26)29/h4-18,20,29,31H,19,21-22H2,1-3H3,(H,37,40)/t31-/m0/s1. The number of ether oxygens (including phenoxy) is 3. The SMILES string of the molecule is CC(C)(C)OC(=O)c1ccc(C[C@H](NC(=O)OCC2c3ccccc3-c3ccccc32)C(=O)OCc2ccccc2)cn1. The molecule has 43 heavy (non-hydrogen) atoms. The third-order valence-corrected chi connectivity index (χ3v) is 7.02. The van der Waals surface area contributed by atoms with Crippen molar-refractivity contribution in [1.82, 2.24) is 10.3 Å². The largest absolute Gasteiger partial charge is 0.459 e. The lowest BCUT2D eigenvalue weighted by molar-refractivity contribution is -0.147. The number of fused-ring (bicyclic) bond motifs is 3. The van der Waals surface area contributed by atoms with Gasteiger partial charge in [-0.15, -0.1) is 0 Å². The Bertz CT molecular complexity index is 1550. The summed E-state index contributed by atoms with van der Waals surface area (Å²) in [4.78, 5) is 42.8. The number of alkyl carbamates (subject to hydrolysis) is 1. The number of pyridine rings is 1. The van der Waals surface area contributed by atoms with Gasteiger partial charge in [-0.25, -0.2) is 19.4 Å². The zero-order valence-electron chi connectivity index (χ0n) is 24.4. The minimum absolute atomic E-state index is 0.0539. The first-order chi connectivity index (χ1) is 20.7. The number of hydrogen-bond acceptors (Lipinski definition) is 7. The lowest BCUT2D eigenvalue weighted by Crippen LogP contribution is -2.44. The van der Waals surface area contributed by atoms with Crippen molar-refractivity contribution in [2.75, 3.05) is 6.61 Å². The molecule has 0 saturated carbocycles. The smallest absolute Gasteiger partial charge is 0.407 e. The van der Waals surface area contributed by atoms with E-state index in [-0.39, 0.29) is 31.2 Å². The van der Waals surface area contributed by atoms with E-state index >= 15 is 0 Å². The van der Waals surface area contributed by atoms with Crippen molar-refractivity contribution in [1.29, 1.82) is 0 Å². The number of esters is 2. The Labute approximate surface area is 251 Å². The topological polar surface area (TPSA) is 104 Å². The fraction of sp³-hybridized carbons (Fsp3) is 0.257. The summed E-state index contributed by atoms with van der Waals surface area (Å²) in [5.74, 6) is -1.28. The first-order valence-corrected chi connectivity index (χ1v) is 14.2. The molecule has 1 atom stereocenters. The van der Waals surface area contributed by atoms with Crippen LogP contribution in [0.25, 0.3) is 11.1 Å². The Kier molecular flexibility index (Phi) is 8.85. The minimum Gasteiger partial charge on any atom is -0.459 e. The highest BCUT2D eigenvalue weighted by Crippen LogP contribution is 2.44. The predicted molar refractivity (Wildman–Crippen MR) is 161 cm³/mol. The summed E-state index contributed by atoms with van der Waals surface area (Å²) in [6.07, 6.45) is 0.831. The number of amides is 1. The average molecular weight is 579 g/mol. The second-order valence-electron chi connectivity index (χ2n) is 11.4. The molecule has 0 fully saturated rings. The first kappa shape index (κ1) is 29.5. The van der Waals surface area contributed by atoms with Gasteiger partial charge in [0.15, 0.2) is 0 Å². The van der Waals surface area contributed by atoms with E-state index < -0.39 is 29.7 Å². The van der Waals surface area contributed by atoms with Gasteiger partial charge in [-0.1, -0.05) is 84.9 Å². The van der Waals surface area contributed by atoms with Gasteiger partial charge in [0, 0.05) is 18.5 Å². The molecule has 4 aromatic rings. The molecule has 0 saturated heterocycles. The zero-order valence-corrected chi connectivity index (χ0v) is 24.4. The quantitative estimate of drug-likeness (QED) is 0.185. The number of benzene rings is 3. The molecule has 220 valence electrons. The third-order valence-electron chi connectivity index (χ3n) is 7.02. The number of carbonyl (C=O) groups is 3. The molecule has 1 aliphatic carbocycles. The van der Waals surface area contributed by atoms with Gasteiger partial charge in [-0.05, 0) is 60.2 Å². The monoisotopic (exact) mass is 578 g/mol. The van der Waals surface area contributed by atoms with Crippen LogP contribution in [0.2, 0.25) is 0 Å². The zero-order chi connectivity index (χ0) is 30.4. The van der Waals surface area contributed by atoms with Crippen molar-refractivity contribution in [3.8, 4) is 11.1 Å². The highest BCUT2D eigenvalue weighted by atomic mass is 16.6. The Hall–Kier alpha value is -4.98. The summed E-state index contributed by atoms with van der Waals surface area (Å²) < 4.78 is 16.6. The fourth-order valence-corrected chi connectivity index (χ4v) is 5.04. The van der Waals surface area contributed by atoms with Crippen molar-refractivity contribution >= 4 is 18.0 Å². The molecule has 8 nitrogen and oxygen atoms in total. The molecule has 1 N–H and O–H groups in total. The van der Waals surface area contributed by atoms with E-state index in [2.05, 4.69) is 22.4 Å². The highest BCUT2D eigenvalue weighted by Gasteiger charge is 2.30. The van der Waals surface area contributed by atoms with Crippen LogP contribution in [0.15, 0.2) is 97.2 Å². The van der Waals surface area contributed by atoms with Crippen molar-refractivity contribution in [3.05, 3.63) is 125 Å². The first-order valence-electron chi connectivity index (χ1n) is 14.2. The Morgan fingerprint density at radius 1 is 0.791 bits per heavy atom. The van der Waals surface area contributed by atoms with E-state index in [0.29, 0.717) is 5.56 Å². The third kappa shape index (κ3) is 7.46. The molecule has 0 unspecified atom stereocenters. The van der Waals surface area contributed by atoms with Crippen molar-refractivity contribution in [3.63, 3.8) is 0 Å². The molecule has 1 aliphatic rings. The normalized spacial score (nSPS) is 12.9. The Morgan fingerprint density at radius 2 is 1.42 bits per heavy atom. The molecule has 0 radical (unpaired) electrons. The minimum atomic E-state index is -1.05. The lowest BCUT2D eigenvalue weighted by atomic mass is 9.98. The lowest BCUT2D eigenvalue weighted by Gasteiger charge is -2.20. The molecular formula is C35H34N2O6. The van der Waals surface area contributed by atoms with E-state index in [9.17, 15) is 14.4 Å². The molecule has 1 heterocycles. The number of hydrogen-bond donors (Lipinski definition) is 1. The number of nitrogens with one attached hydrogen (secondary N) is 1. The van der Waals surface area contributed by atoms with Gasteiger partial charge < -0.3 is 19.5 Å². The maximum Gasteiger partial charge on any atom is 0.407 e. The average Bonchev–Trinajstić information content (AvgIpc) is 3.32. The maximum atomic E-state index is 13.2. The number of carbonyl (C=O) groups excluding carboxylic acids is 3. The summed E-state index contributed by atoms with van der Waals surface area (Å²) in [5.41, 5.74) is 5.35. The van der Waals surface area contributed by atoms with Crippen LogP contribution in [0.1, 0.15) is 59.4 Å². The van der Waals surface area contributed by atoms with E-state index in [1.165, 1.54) is 12.3 Å². The van der Waals surface area contributed by atoms with E-state index in [4.69, 9.17) is 14.2 Å². The molecule has 1 aromatic heterocycles. The van der Waals surface area contributed by atoms with Gasteiger partial charge in [0.25, 0.3) is 0 Å².